The van der Waals surface area contributed by atoms with Crippen molar-refractivity contribution in [2.45, 2.75) is 11.3 Å². The van der Waals surface area contributed by atoms with E-state index in [4.69, 9.17) is 31.9 Å². The predicted octanol–water partition coefficient (Wildman–Crippen LogP) is 3.92. The first kappa shape index (κ1) is 25.0. The first-order valence-corrected chi connectivity index (χ1v) is 12.0. The van der Waals surface area contributed by atoms with E-state index in [-0.39, 0.29) is 17.1 Å². The normalized spacial score (nSPS) is 12.3. The Morgan fingerprint density at radius 2 is 1.82 bits per heavy atom. The zero-order chi connectivity index (χ0) is 24.1. The number of ether oxygens (including phenoxy) is 2. The molecule has 0 spiro atoms. The molecule has 0 aliphatic heterocycles. The zero-order valence-corrected chi connectivity index (χ0v) is 21.0. The van der Waals surface area contributed by atoms with Gasteiger partial charge in [0.25, 0.3) is 0 Å². The fraction of sp³-hybridized carbons (Fsp3) is 0.227. The number of halogens is 1. The van der Waals surface area contributed by atoms with Crippen molar-refractivity contribution in [3.8, 4) is 11.5 Å². The van der Waals surface area contributed by atoms with E-state index in [0.29, 0.717) is 32.0 Å². The number of aromatic nitrogens is 2. The Bertz CT molecular complexity index is 1220. The highest BCUT2D eigenvalue weighted by atomic mass is 35.5. The highest BCUT2D eigenvalue weighted by molar-refractivity contribution is 7.89. The standard InChI is InChI=1S/C22H24ClN5O3S2/c1-27(2)33(29)19-13-18(31-4)17(30-3)11-15(19)12-20(24)28-22(25)32-21(26-28)10-7-14-5-8-16(23)9-6-14/h5-11,13,24-25H,12H2,1-4H3/b10-7+,24-20?,25-22?. The van der Waals surface area contributed by atoms with Crippen LogP contribution in [0.2, 0.25) is 5.02 Å². The molecule has 0 fully saturated rings. The fourth-order valence-corrected chi connectivity index (χ4v) is 4.73. The summed E-state index contributed by atoms with van der Waals surface area (Å²) in [6, 6.07) is 10.7. The molecule has 174 valence electrons. The molecule has 3 rings (SSSR count). The summed E-state index contributed by atoms with van der Waals surface area (Å²) < 4.78 is 26.4. The van der Waals surface area contributed by atoms with Gasteiger partial charge >= 0.3 is 0 Å². The van der Waals surface area contributed by atoms with Crippen LogP contribution in [0, 0.1) is 10.8 Å². The molecule has 8 nitrogen and oxygen atoms in total. The summed E-state index contributed by atoms with van der Waals surface area (Å²) in [5, 5.41) is 22.5. The Balaban J connectivity index is 1.89. The number of methoxy groups -OCH3 is 2. The van der Waals surface area contributed by atoms with Crippen molar-refractivity contribution in [2.75, 3.05) is 28.3 Å². The van der Waals surface area contributed by atoms with Crippen LogP contribution in [0.4, 0.5) is 0 Å². The minimum absolute atomic E-state index is 0.0756. The molecular formula is C22H24ClN5O3S2. The lowest BCUT2D eigenvalue weighted by Gasteiger charge is -2.20. The average molecular weight is 506 g/mol. The van der Waals surface area contributed by atoms with Crippen molar-refractivity contribution in [3.05, 3.63) is 62.4 Å². The molecule has 11 heteroatoms. The van der Waals surface area contributed by atoms with Gasteiger partial charge in [-0.05, 0) is 29.8 Å². The van der Waals surface area contributed by atoms with Gasteiger partial charge in [0.1, 0.15) is 10.8 Å². The van der Waals surface area contributed by atoms with Crippen LogP contribution in [-0.2, 0) is 17.8 Å². The third kappa shape index (κ3) is 6.04. The molecule has 1 heterocycles. The minimum atomic E-state index is -1.46. The molecule has 0 aliphatic carbocycles. The van der Waals surface area contributed by atoms with Crippen molar-refractivity contribution in [1.29, 1.82) is 10.8 Å². The summed E-state index contributed by atoms with van der Waals surface area (Å²) in [6.07, 6.45) is 3.77. The van der Waals surface area contributed by atoms with E-state index in [9.17, 15) is 4.55 Å². The second kappa shape index (κ2) is 11.0. The van der Waals surface area contributed by atoms with Crippen molar-refractivity contribution < 1.29 is 14.0 Å². The summed E-state index contributed by atoms with van der Waals surface area (Å²) in [7, 11) is 6.45. The lowest BCUT2D eigenvalue weighted by molar-refractivity contribution is 0.353. The molecule has 33 heavy (non-hydrogen) atoms. The van der Waals surface area contributed by atoms with E-state index < -0.39 is 11.4 Å². The Morgan fingerprint density at radius 3 is 2.42 bits per heavy atom. The summed E-state index contributed by atoms with van der Waals surface area (Å²) in [5.41, 5.74) is 1.58. The van der Waals surface area contributed by atoms with Crippen LogP contribution in [0.25, 0.3) is 12.2 Å². The van der Waals surface area contributed by atoms with Gasteiger partial charge in [0.15, 0.2) is 16.4 Å². The third-order valence-electron chi connectivity index (χ3n) is 4.58. The Morgan fingerprint density at radius 1 is 1.18 bits per heavy atom. The van der Waals surface area contributed by atoms with E-state index in [2.05, 4.69) is 5.10 Å². The van der Waals surface area contributed by atoms with Gasteiger partial charge in [0, 0.05) is 37.2 Å². The summed E-state index contributed by atoms with van der Waals surface area (Å²) in [4.78, 5) is 0.624. The molecule has 0 amide bonds. The zero-order valence-electron chi connectivity index (χ0n) is 18.6. The van der Waals surface area contributed by atoms with Gasteiger partial charge in [-0.2, -0.15) is 9.78 Å². The number of rotatable bonds is 8. The van der Waals surface area contributed by atoms with Crippen molar-refractivity contribution in [1.82, 2.24) is 14.1 Å². The summed E-state index contributed by atoms with van der Waals surface area (Å²) in [5.74, 6) is 1.00. The molecular weight excluding hydrogens is 482 g/mol. The molecule has 3 aromatic rings. The molecule has 0 aliphatic rings. The van der Waals surface area contributed by atoms with Crippen molar-refractivity contribution in [2.24, 2.45) is 0 Å². The number of benzene rings is 2. The molecule has 2 aromatic carbocycles. The fourth-order valence-electron chi connectivity index (χ4n) is 2.95. The van der Waals surface area contributed by atoms with Gasteiger partial charge in [-0.3, -0.25) is 10.8 Å². The van der Waals surface area contributed by atoms with Crippen LogP contribution in [0.5, 0.6) is 11.5 Å². The maximum Gasteiger partial charge on any atom is 0.206 e. The lowest BCUT2D eigenvalue weighted by atomic mass is 10.1. The first-order chi connectivity index (χ1) is 15.7. The van der Waals surface area contributed by atoms with Gasteiger partial charge in [-0.25, -0.2) is 0 Å². The van der Waals surface area contributed by atoms with Crippen LogP contribution in [0.1, 0.15) is 16.1 Å². The van der Waals surface area contributed by atoms with Gasteiger partial charge < -0.3 is 14.0 Å². The largest absolute Gasteiger partial charge is 0.593 e. The van der Waals surface area contributed by atoms with Gasteiger partial charge in [0.2, 0.25) is 4.80 Å². The van der Waals surface area contributed by atoms with E-state index in [1.165, 1.54) is 18.9 Å². The maximum absolute atomic E-state index is 12.9. The minimum Gasteiger partial charge on any atom is -0.593 e. The van der Waals surface area contributed by atoms with Crippen molar-refractivity contribution >= 4 is 52.3 Å². The van der Waals surface area contributed by atoms with E-state index in [1.54, 1.807) is 48.7 Å². The molecule has 1 unspecified atom stereocenters. The van der Waals surface area contributed by atoms with Gasteiger partial charge in [0.05, 0.1) is 25.6 Å². The quantitative estimate of drug-likeness (QED) is 0.274. The molecule has 0 radical (unpaired) electrons. The number of hydrogen-bond acceptors (Lipinski definition) is 8. The molecule has 1 aromatic heterocycles. The second-order valence-corrected chi connectivity index (χ2v) is 10.2. The van der Waals surface area contributed by atoms with E-state index in [1.807, 2.05) is 18.2 Å². The van der Waals surface area contributed by atoms with Crippen LogP contribution in [0.3, 0.4) is 0 Å². The number of hydrogen-bond donors (Lipinski definition) is 2. The third-order valence-corrected chi connectivity index (χ3v) is 7.05. The number of nitrogens with zero attached hydrogens (tertiary/aromatic N) is 3. The van der Waals surface area contributed by atoms with Crippen LogP contribution in [-0.4, -0.2) is 52.8 Å². The van der Waals surface area contributed by atoms with Gasteiger partial charge in [-0.15, -0.1) is 4.31 Å². The van der Waals surface area contributed by atoms with Crippen LogP contribution in [0.15, 0.2) is 41.3 Å². The van der Waals surface area contributed by atoms with E-state index in [0.717, 1.165) is 16.9 Å². The molecule has 0 saturated carbocycles. The molecule has 1 atom stereocenters. The topological polar surface area (TPSA) is 110 Å². The maximum atomic E-state index is 12.9. The average Bonchev–Trinajstić information content (AvgIpc) is 3.18. The lowest BCUT2D eigenvalue weighted by Crippen LogP contribution is -2.27. The number of nitrogens with one attached hydrogen (secondary N) is 2. The van der Waals surface area contributed by atoms with Crippen LogP contribution < -0.4 is 14.3 Å². The molecule has 0 saturated heterocycles. The monoisotopic (exact) mass is 505 g/mol. The summed E-state index contributed by atoms with van der Waals surface area (Å²) in [6.45, 7) is 0. The van der Waals surface area contributed by atoms with Crippen molar-refractivity contribution in [3.63, 3.8) is 0 Å². The Labute approximate surface area is 204 Å². The van der Waals surface area contributed by atoms with E-state index >= 15 is 0 Å². The Hall–Kier alpha value is -2.63. The molecule has 2 N–H and O–H groups in total. The summed E-state index contributed by atoms with van der Waals surface area (Å²) >= 11 is 5.61. The molecule has 0 bridgehead atoms. The predicted molar refractivity (Wildman–Crippen MR) is 133 cm³/mol. The smallest absolute Gasteiger partial charge is 0.206 e. The SMILES string of the molecule is COc1cc(CC(=N)n2nc(/C=C/c3ccc(Cl)cc3)sc2=N)c([S+]([O-])N(C)C)cc1OC. The highest BCUT2D eigenvalue weighted by Crippen LogP contribution is 2.34. The Kier molecular flexibility index (Phi) is 8.33. The highest BCUT2D eigenvalue weighted by Gasteiger charge is 2.24. The van der Waals surface area contributed by atoms with Crippen LogP contribution >= 0.6 is 22.9 Å². The van der Waals surface area contributed by atoms with Gasteiger partial charge in [-0.1, -0.05) is 41.1 Å². The second-order valence-electron chi connectivity index (χ2n) is 7.04. The first-order valence-electron chi connectivity index (χ1n) is 9.73.